The van der Waals surface area contributed by atoms with E-state index in [1.807, 2.05) is 0 Å². The molecule has 1 N–H and O–H groups in total. The van der Waals surface area contributed by atoms with Crippen molar-refractivity contribution in [2.45, 2.75) is 19.3 Å². The van der Waals surface area contributed by atoms with Crippen molar-refractivity contribution in [3.8, 4) is 10.6 Å². The lowest BCUT2D eigenvalue weighted by atomic mass is 10.1. The number of rotatable bonds is 4. The third kappa shape index (κ3) is 4.17. The minimum Gasteiger partial charge on any atom is -0.391 e. The van der Waals surface area contributed by atoms with Crippen LogP contribution in [0.5, 0.6) is 0 Å². The molecular weight excluding hydrogens is 360 g/mol. The van der Waals surface area contributed by atoms with E-state index in [0.29, 0.717) is 36.4 Å². The van der Waals surface area contributed by atoms with Crippen LogP contribution in [-0.4, -0.2) is 41.3 Å². The van der Waals surface area contributed by atoms with Gasteiger partial charge in [0.05, 0.1) is 36.0 Å². The van der Waals surface area contributed by atoms with E-state index in [-0.39, 0.29) is 17.2 Å². The molecule has 0 spiro atoms. The Bertz CT molecular complexity index is 742. The van der Waals surface area contributed by atoms with Crippen LogP contribution in [0.15, 0.2) is 18.2 Å². The van der Waals surface area contributed by atoms with Crippen LogP contribution in [0.3, 0.4) is 0 Å². The van der Waals surface area contributed by atoms with Crippen LogP contribution in [0.2, 0.25) is 0 Å². The van der Waals surface area contributed by atoms with Crippen LogP contribution < -0.4 is 0 Å². The lowest BCUT2D eigenvalue weighted by Gasteiger charge is -2.26. The van der Waals surface area contributed by atoms with Crippen molar-refractivity contribution >= 4 is 11.3 Å². The number of hydrogen-bond acceptors (Lipinski definition) is 5. The molecule has 136 valence electrons. The molecule has 1 saturated heterocycles. The summed E-state index contributed by atoms with van der Waals surface area (Å²) >= 11 is 1.09. The van der Waals surface area contributed by atoms with Crippen molar-refractivity contribution in [1.82, 2.24) is 9.88 Å². The number of nitrogens with zero attached hydrogens (tertiary/aromatic N) is 2. The highest BCUT2D eigenvalue weighted by Crippen LogP contribution is 2.35. The molecule has 4 nitrogen and oxygen atoms in total. The predicted molar refractivity (Wildman–Crippen MR) is 84.5 cm³/mol. The van der Waals surface area contributed by atoms with E-state index in [0.717, 1.165) is 36.6 Å². The molecule has 2 heterocycles. The zero-order valence-electron chi connectivity index (χ0n) is 13.1. The molecule has 0 saturated carbocycles. The molecule has 0 atom stereocenters. The Morgan fingerprint density at radius 2 is 1.96 bits per heavy atom. The molecule has 1 aromatic heterocycles. The maximum absolute atomic E-state index is 14.1. The number of hydrogen-bond donors (Lipinski definition) is 1. The largest absolute Gasteiger partial charge is 0.416 e. The van der Waals surface area contributed by atoms with Crippen LogP contribution in [0.25, 0.3) is 10.6 Å². The summed E-state index contributed by atoms with van der Waals surface area (Å²) in [7, 11) is 0. The van der Waals surface area contributed by atoms with E-state index in [4.69, 9.17) is 4.74 Å². The highest BCUT2D eigenvalue weighted by Gasteiger charge is 2.31. The lowest BCUT2D eigenvalue weighted by Crippen LogP contribution is -2.35. The third-order valence-electron chi connectivity index (χ3n) is 3.93. The summed E-state index contributed by atoms with van der Waals surface area (Å²) in [6, 6.07) is 2.38. The first-order valence-electron chi connectivity index (χ1n) is 7.65. The Balaban J connectivity index is 1.87. The number of thiazole rings is 1. The third-order valence-corrected chi connectivity index (χ3v) is 5.04. The lowest BCUT2D eigenvalue weighted by molar-refractivity contribution is -0.137. The fourth-order valence-electron chi connectivity index (χ4n) is 2.58. The number of halogens is 4. The topological polar surface area (TPSA) is 45.6 Å². The van der Waals surface area contributed by atoms with Gasteiger partial charge in [-0.15, -0.1) is 11.3 Å². The number of aliphatic hydroxyl groups is 1. The molecule has 0 amide bonds. The van der Waals surface area contributed by atoms with E-state index in [9.17, 15) is 22.7 Å². The summed E-state index contributed by atoms with van der Waals surface area (Å²) in [5, 5.41) is 9.78. The average molecular weight is 376 g/mol. The smallest absolute Gasteiger partial charge is 0.391 e. The van der Waals surface area contributed by atoms with Gasteiger partial charge in [0, 0.05) is 25.2 Å². The van der Waals surface area contributed by atoms with Crippen molar-refractivity contribution in [2.24, 2.45) is 0 Å². The molecule has 0 aliphatic carbocycles. The SMILES string of the molecule is OCc1sc(-c2ccc(C(F)(F)F)cc2F)nc1CN1CCOCC1. The number of ether oxygens (including phenoxy) is 1. The van der Waals surface area contributed by atoms with Gasteiger partial charge in [-0.25, -0.2) is 9.37 Å². The Labute approximate surface area is 145 Å². The number of morpholine rings is 1. The van der Waals surface area contributed by atoms with E-state index in [1.54, 1.807) is 0 Å². The van der Waals surface area contributed by atoms with Crippen molar-refractivity contribution in [3.63, 3.8) is 0 Å². The number of benzene rings is 1. The van der Waals surface area contributed by atoms with Crippen molar-refractivity contribution in [2.75, 3.05) is 26.3 Å². The fraction of sp³-hybridized carbons (Fsp3) is 0.438. The first-order valence-corrected chi connectivity index (χ1v) is 8.47. The van der Waals surface area contributed by atoms with Gasteiger partial charge in [0.25, 0.3) is 0 Å². The van der Waals surface area contributed by atoms with Gasteiger partial charge >= 0.3 is 6.18 Å². The van der Waals surface area contributed by atoms with Crippen molar-refractivity contribution < 1.29 is 27.4 Å². The molecule has 1 aliphatic heterocycles. The number of aliphatic hydroxyl groups excluding tert-OH is 1. The summed E-state index contributed by atoms with van der Waals surface area (Å²) in [6.45, 7) is 2.91. The molecule has 0 bridgehead atoms. The maximum atomic E-state index is 14.1. The van der Waals surface area contributed by atoms with E-state index in [2.05, 4.69) is 9.88 Å². The maximum Gasteiger partial charge on any atom is 0.416 e. The number of aromatic nitrogens is 1. The van der Waals surface area contributed by atoms with Crippen LogP contribution in [0.1, 0.15) is 16.1 Å². The van der Waals surface area contributed by atoms with Crippen LogP contribution >= 0.6 is 11.3 Å². The quantitative estimate of drug-likeness (QED) is 0.832. The molecule has 9 heteroatoms. The van der Waals surface area contributed by atoms with E-state index in [1.165, 1.54) is 0 Å². The molecule has 1 fully saturated rings. The Kier molecular flexibility index (Phi) is 5.38. The molecule has 0 unspecified atom stereocenters. The van der Waals surface area contributed by atoms with Crippen molar-refractivity contribution in [1.29, 1.82) is 0 Å². The zero-order valence-corrected chi connectivity index (χ0v) is 14.0. The molecule has 1 aliphatic rings. The van der Waals surface area contributed by atoms with E-state index >= 15 is 0 Å². The van der Waals surface area contributed by atoms with Crippen LogP contribution in [0.4, 0.5) is 17.6 Å². The Morgan fingerprint density at radius 1 is 1.24 bits per heavy atom. The van der Waals surface area contributed by atoms with Crippen LogP contribution in [0, 0.1) is 5.82 Å². The first kappa shape index (κ1) is 18.2. The molecule has 3 rings (SSSR count). The molecule has 1 aromatic carbocycles. The van der Waals surface area contributed by atoms with Gasteiger partial charge < -0.3 is 9.84 Å². The van der Waals surface area contributed by atoms with Gasteiger partial charge in [0.1, 0.15) is 10.8 Å². The molecule has 0 radical (unpaired) electrons. The average Bonchev–Trinajstić information content (AvgIpc) is 2.97. The normalized spacial score (nSPS) is 16.4. The highest BCUT2D eigenvalue weighted by molar-refractivity contribution is 7.15. The van der Waals surface area contributed by atoms with Gasteiger partial charge in [-0.1, -0.05) is 0 Å². The Hall–Kier alpha value is -1.55. The monoisotopic (exact) mass is 376 g/mol. The summed E-state index contributed by atoms with van der Waals surface area (Å²) in [4.78, 5) is 7.04. The second-order valence-electron chi connectivity index (χ2n) is 5.63. The second-order valence-corrected chi connectivity index (χ2v) is 6.71. The summed E-state index contributed by atoms with van der Waals surface area (Å²) < 4.78 is 57.4. The summed E-state index contributed by atoms with van der Waals surface area (Å²) in [5.41, 5.74) is -0.425. The molecule has 2 aromatic rings. The predicted octanol–water partition coefficient (Wildman–Crippen LogP) is 3.29. The standard InChI is InChI=1S/C16H16F4N2O2S/c17-12-7-10(16(18,19)20)1-2-11(12)15-21-13(14(9-23)25-15)8-22-3-5-24-6-4-22/h1-2,7,23H,3-6,8-9H2. The second kappa shape index (κ2) is 7.36. The minimum atomic E-state index is -4.60. The van der Waals surface area contributed by atoms with E-state index < -0.39 is 17.6 Å². The van der Waals surface area contributed by atoms with Gasteiger partial charge in [-0.3, -0.25) is 4.90 Å². The first-order chi connectivity index (χ1) is 11.9. The Morgan fingerprint density at radius 3 is 2.56 bits per heavy atom. The highest BCUT2D eigenvalue weighted by atomic mass is 32.1. The summed E-state index contributed by atoms with van der Waals surface area (Å²) in [6.07, 6.45) is -4.60. The van der Waals surface area contributed by atoms with Gasteiger partial charge in [0.15, 0.2) is 0 Å². The molecular formula is C16H16F4N2O2S. The summed E-state index contributed by atoms with van der Waals surface area (Å²) in [5.74, 6) is -0.981. The van der Waals surface area contributed by atoms with Gasteiger partial charge in [-0.2, -0.15) is 13.2 Å². The van der Waals surface area contributed by atoms with Gasteiger partial charge in [0.2, 0.25) is 0 Å². The minimum absolute atomic E-state index is 0.000859. The fourth-order valence-corrected chi connectivity index (χ4v) is 3.54. The molecule has 25 heavy (non-hydrogen) atoms. The number of alkyl halides is 3. The van der Waals surface area contributed by atoms with Crippen molar-refractivity contribution in [3.05, 3.63) is 40.2 Å². The zero-order chi connectivity index (χ0) is 18.0. The van der Waals surface area contributed by atoms with Crippen LogP contribution in [-0.2, 0) is 24.1 Å². The van der Waals surface area contributed by atoms with Gasteiger partial charge in [-0.05, 0) is 18.2 Å².